The minimum atomic E-state index is -1.16. The van der Waals surface area contributed by atoms with Crippen LogP contribution in [-0.2, 0) is 14.3 Å². The second kappa shape index (κ2) is 12.4. The number of ether oxygens (including phenoxy) is 1. The third-order valence-corrected chi connectivity index (χ3v) is 7.08. The van der Waals surface area contributed by atoms with Crippen LogP contribution in [0.3, 0.4) is 0 Å². The van der Waals surface area contributed by atoms with Gasteiger partial charge in [0.05, 0.1) is 29.3 Å². The van der Waals surface area contributed by atoms with Crippen LogP contribution in [0, 0.1) is 24.7 Å². The number of hydrogen-bond donors (Lipinski definition) is 2. The van der Waals surface area contributed by atoms with E-state index in [1.54, 1.807) is 25.2 Å². The fourth-order valence-corrected chi connectivity index (χ4v) is 4.56. The maximum atomic E-state index is 12.8. The molecule has 1 aliphatic heterocycles. The van der Waals surface area contributed by atoms with Gasteiger partial charge in [0.2, 0.25) is 0 Å². The second-order valence-corrected chi connectivity index (χ2v) is 10.1. The maximum Gasteiger partial charge on any atom is 0.309 e. The van der Waals surface area contributed by atoms with Crippen molar-refractivity contribution in [3.63, 3.8) is 0 Å². The molecule has 1 aromatic rings. The summed E-state index contributed by atoms with van der Waals surface area (Å²) in [4.78, 5) is 29.8. The monoisotopic (exact) mass is 465 g/mol. The topological polar surface area (TPSA) is 96.7 Å². The van der Waals surface area contributed by atoms with E-state index >= 15 is 0 Å². The first-order valence-corrected chi connectivity index (χ1v) is 12.3. The van der Waals surface area contributed by atoms with Gasteiger partial charge in [-0.2, -0.15) is 0 Å². The molecule has 1 aliphatic rings. The van der Waals surface area contributed by atoms with Gasteiger partial charge in [-0.3, -0.25) is 9.59 Å². The van der Waals surface area contributed by atoms with Crippen LogP contribution < -0.4 is 0 Å². The summed E-state index contributed by atoms with van der Waals surface area (Å²) in [5.41, 5.74) is 1.70. The number of allylic oxidation sites excluding steroid dienone is 1. The number of aliphatic hydroxyl groups is 2. The summed E-state index contributed by atoms with van der Waals surface area (Å²) in [6, 6.07) is 0. The molecule has 2 rings (SSSR count). The van der Waals surface area contributed by atoms with E-state index in [0.717, 1.165) is 35.5 Å². The Morgan fingerprint density at radius 3 is 2.59 bits per heavy atom. The molecule has 0 bridgehead atoms. The maximum absolute atomic E-state index is 12.8. The zero-order chi connectivity index (χ0) is 23.8. The first kappa shape index (κ1) is 26.4. The zero-order valence-electron chi connectivity index (χ0n) is 19.8. The fraction of sp³-hybridized carbons (Fsp3) is 0.640. The summed E-state index contributed by atoms with van der Waals surface area (Å²) < 4.78 is 5.71. The number of aromatic nitrogens is 1. The minimum absolute atomic E-state index is 0. The molecular formula is C25H39NO5S. The molecule has 2 unspecified atom stereocenters. The van der Waals surface area contributed by atoms with Crippen molar-refractivity contribution in [2.24, 2.45) is 17.8 Å². The lowest BCUT2D eigenvalue weighted by atomic mass is 9.81. The summed E-state index contributed by atoms with van der Waals surface area (Å²) in [6.07, 6.45) is 6.41. The number of thiazole rings is 1. The summed E-state index contributed by atoms with van der Waals surface area (Å²) in [6.45, 7) is 9.10. The Morgan fingerprint density at radius 1 is 1.22 bits per heavy atom. The molecule has 6 nitrogen and oxygen atoms in total. The van der Waals surface area contributed by atoms with E-state index in [9.17, 15) is 19.8 Å². The fourth-order valence-electron chi connectivity index (χ4n) is 3.99. The molecule has 0 aromatic carbocycles. The molecule has 2 N–H and O–H groups in total. The van der Waals surface area contributed by atoms with Gasteiger partial charge in [-0.1, -0.05) is 32.9 Å². The molecule has 0 fully saturated rings. The Bertz CT molecular complexity index is 837. The highest BCUT2D eigenvalue weighted by atomic mass is 32.1. The lowest BCUT2D eigenvalue weighted by Gasteiger charge is -2.28. The number of rotatable bonds is 2. The molecule has 0 radical (unpaired) electrons. The number of Topliss-reactive ketones (excluding diaryl/α,β-unsaturated/α-hetero) is 1. The average molecular weight is 466 g/mol. The van der Waals surface area contributed by atoms with Crippen LogP contribution in [0.5, 0.6) is 0 Å². The van der Waals surface area contributed by atoms with E-state index in [0.29, 0.717) is 6.42 Å². The van der Waals surface area contributed by atoms with E-state index in [2.05, 4.69) is 11.1 Å². The van der Waals surface area contributed by atoms with Gasteiger partial charge < -0.3 is 14.9 Å². The summed E-state index contributed by atoms with van der Waals surface area (Å²) in [7, 11) is 0. The lowest BCUT2D eigenvalue weighted by Crippen LogP contribution is -2.39. The summed E-state index contributed by atoms with van der Waals surface area (Å²) in [5, 5.41) is 24.0. The highest BCUT2D eigenvalue weighted by molar-refractivity contribution is 7.09. The summed E-state index contributed by atoms with van der Waals surface area (Å²) in [5.74, 6) is -2.17. The van der Waals surface area contributed by atoms with Gasteiger partial charge in [-0.15, -0.1) is 11.3 Å². The third-order valence-electron chi connectivity index (χ3n) is 6.29. The quantitative estimate of drug-likeness (QED) is 0.484. The van der Waals surface area contributed by atoms with Gasteiger partial charge in [0.15, 0.2) is 0 Å². The highest BCUT2D eigenvalue weighted by Gasteiger charge is 2.34. The summed E-state index contributed by atoms with van der Waals surface area (Å²) >= 11 is 1.56. The van der Waals surface area contributed by atoms with E-state index in [-0.39, 0.29) is 19.5 Å². The van der Waals surface area contributed by atoms with Crippen LogP contribution in [0.15, 0.2) is 23.1 Å². The Hall–Kier alpha value is -1.83. The number of esters is 1. The number of aliphatic hydroxyl groups excluding tert-OH is 2. The molecular weight excluding hydrogens is 426 g/mol. The van der Waals surface area contributed by atoms with E-state index in [1.807, 2.05) is 38.3 Å². The second-order valence-electron chi connectivity index (χ2n) is 9.02. The Labute approximate surface area is 196 Å². The number of carbonyl (C=O) groups excluding carboxylic acids is 2. The average Bonchev–Trinajstić information content (AvgIpc) is 3.16. The molecule has 0 aliphatic carbocycles. The molecule has 6 atom stereocenters. The SMILES string of the molecule is C/C(=C\c1csc(C)n1)C1C/C=C\CCC[C@H](C)[C@H](O)[C@@H](C)C(=O)[C@H](C)C(O)CC(=O)O1.[HH]. The predicted octanol–water partition coefficient (Wildman–Crippen LogP) is 4.73. The molecule has 7 heteroatoms. The minimum Gasteiger partial charge on any atom is -0.457 e. The largest absolute Gasteiger partial charge is 0.457 e. The number of hydrogen-bond acceptors (Lipinski definition) is 7. The van der Waals surface area contributed by atoms with E-state index in [1.165, 1.54) is 0 Å². The number of ketones is 1. The Kier molecular flexibility index (Phi) is 10.3. The van der Waals surface area contributed by atoms with Crippen molar-refractivity contribution in [1.82, 2.24) is 4.98 Å². The van der Waals surface area contributed by atoms with Crippen LogP contribution in [0.1, 0.15) is 71.9 Å². The lowest BCUT2D eigenvalue weighted by molar-refractivity contribution is -0.151. The molecule has 2 heterocycles. The van der Waals surface area contributed by atoms with Crippen LogP contribution in [-0.4, -0.2) is 45.3 Å². The van der Waals surface area contributed by atoms with E-state index < -0.39 is 36.1 Å². The van der Waals surface area contributed by atoms with Crippen LogP contribution in [0.4, 0.5) is 0 Å². The molecule has 0 spiro atoms. The molecule has 0 saturated carbocycles. The van der Waals surface area contributed by atoms with Crippen molar-refractivity contribution in [3.05, 3.63) is 33.8 Å². The van der Waals surface area contributed by atoms with Crippen LogP contribution >= 0.6 is 11.3 Å². The van der Waals surface area contributed by atoms with Crippen molar-refractivity contribution in [2.45, 2.75) is 85.0 Å². The van der Waals surface area contributed by atoms with Gasteiger partial charge in [0.1, 0.15) is 11.9 Å². The predicted molar refractivity (Wildman–Crippen MR) is 129 cm³/mol. The number of carbonyl (C=O) groups is 2. The standard InChI is InChI=1S/C25H37NO5S.H2/c1-15-10-8-6-7-9-11-22(16(2)12-20-14-32-19(5)26-20)31-23(28)13-21(27)17(3)25(30)18(4)24(15)29;/h7,9,12,14-15,17-18,21-22,24,27,29H,6,8,10-11,13H2,1-5H3;1H/b9-7-,16-12+;/t15-,17+,18+,21?,22?,24-;/m0./s1. The third kappa shape index (κ3) is 7.64. The van der Waals surface area contributed by atoms with Gasteiger partial charge in [0.25, 0.3) is 0 Å². The number of nitrogens with zero attached hydrogens (tertiary/aromatic N) is 1. The van der Waals surface area contributed by atoms with Crippen LogP contribution in [0.2, 0.25) is 0 Å². The number of aryl methyl sites for hydroxylation is 1. The van der Waals surface area contributed by atoms with Crippen molar-refractivity contribution in [2.75, 3.05) is 0 Å². The smallest absolute Gasteiger partial charge is 0.309 e. The van der Waals surface area contributed by atoms with Crippen molar-refractivity contribution < 1.29 is 26.0 Å². The molecule has 32 heavy (non-hydrogen) atoms. The van der Waals surface area contributed by atoms with Gasteiger partial charge in [0, 0.05) is 25.1 Å². The Morgan fingerprint density at radius 2 is 1.94 bits per heavy atom. The normalized spacial score (nSPS) is 33.0. The molecule has 180 valence electrons. The molecule has 1 aromatic heterocycles. The Balaban J connectivity index is 0.00000544. The van der Waals surface area contributed by atoms with Gasteiger partial charge >= 0.3 is 5.97 Å². The first-order chi connectivity index (χ1) is 15.1. The van der Waals surface area contributed by atoms with Gasteiger partial charge in [-0.25, -0.2) is 4.98 Å². The van der Waals surface area contributed by atoms with Crippen molar-refractivity contribution >= 4 is 29.2 Å². The highest BCUT2D eigenvalue weighted by Crippen LogP contribution is 2.25. The van der Waals surface area contributed by atoms with Crippen LogP contribution in [0.25, 0.3) is 6.08 Å². The van der Waals surface area contributed by atoms with Crippen molar-refractivity contribution in [3.8, 4) is 0 Å². The van der Waals surface area contributed by atoms with E-state index in [4.69, 9.17) is 4.74 Å². The number of cyclic esters (lactones) is 1. The molecule has 0 saturated heterocycles. The zero-order valence-corrected chi connectivity index (χ0v) is 20.6. The van der Waals surface area contributed by atoms with Crippen molar-refractivity contribution in [1.29, 1.82) is 0 Å². The first-order valence-electron chi connectivity index (χ1n) is 11.4. The molecule has 0 amide bonds. The van der Waals surface area contributed by atoms with Gasteiger partial charge in [-0.05, 0) is 50.7 Å².